The van der Waals surface area contributed by atoms with Crippen LogP contribution in [-0.4, -0.2) is 33.0 Å². The molecule has 0 saturated heterocycles. The summed E-state index contributed by atoms with van der Waals surface area (Å²) in [7, 11) is 0. The van der Waals surface area contributed by atoms with Crippen LogP contribution < -0.4 is 5.32 Å². The fourth-order valence-electron chi connectivity index (χ4n) is 7.26. The minimum atomic E-state index is -4.69. The second kappa shape index (κ2) is 15.7. The van der Waals surface area contributed by atoms with Crippen LogP contribution >= 0.6 is 11.3 Å². The summed E-state index contributed by atoms with van der Waals surface area (Å²) in [5, 5.41) is 4.23. The third-order valence-corrected chi connectivity index (χ3v) is 11.8. The fraction of sp³-hybridized carbons (Fsp3) is 0.487. The zero-order valence-electron chi connectivity index (χ0n) is 29.8. The number of rotatable bonds is 14. The number of hydrogen-bond acceptors (Lipinski definition) is 5. The van der Waals surface area contributed by atoms with E-state index in [4.69, 9.17) is 0 Å². The van der Waals surface area contributed by atoms with Crippen molar-refractivity contribution in [3.63, 3.8) is 0 Å². The van der Waals surface area contributed by atoms with E-state index in [1.165, 1.54) is 30.3 Å². The Bertz CT molecular complexity index is 1970. The molecule has 4 aromatic rings. The van der Waals surface area contributed by atoms with Crippen LogP contribution in [0.15, 0.2) is 47.8 Å². The highest BCUT2D eigenvalue weighted by molar-refractivity contribution is 7.09. The summed E-state index contributed by atoms with van der Waals surface area (Å²) in [5.74, 6) is -4.35. The van der Waals surface area contributed by atoms with Gasteiger partial charge in [0.15, 0.2) is 11.5 Å². The molecule has 0 fully saturated rings. The van der Waals surface area contributed by atoms with Crippen molar-refractivity contribution < 1.29 is 45.1 Å². The van der Waals surface area contributed by atoms with Gasteiger partial charge in [-0.3, -0.25) is 14.4 Å². The summed E-state index contributed by atoms with van der Waals surface area (Å²) >= 11 is 0.799. The summed E-state index contributed by atoms with van der Waals surface area (Å²) in [6.45, 7) is 7.26. The lowest BCUT2D eigenvalue weighted by Gasteiger charge is -2.39. The summed E-state index contributed by atoms with van der Waals surface area (Å²) < 4.78 is 97.2. The summed E-state index contributed by atoms with van der Waals surface area (Å²) in [5.41, 5.74) is -2.66. The standard InChI is InChI=1S/C39H42F7N3O3S/c1-5-21(3)26(17-24(50)16-23-10-7-8-13-30(23)40)35(52)49-37(33(51)18-27(22(4)6-2)36-48-32(20-53-36)39(44,45)46)15-14-31-28(19-37)25-11-9-12-29(34(25)47-31)38(41,42)43/h7-13,20-22,26-27,47H,5-6,14-19H2,1-4H3,(H,49,52)/t21-,22-,26-,27-,37+/m0/s1. The van der Waals surface area contributed by atoms with Crippen LogP contribution in [0.25, 0.3) is 10.9 Å². The Morgan fingerprint density at radius 3 is 2.26 bits per heavy atom. The largest absolute Gasteiger partial charge is 0.434 e. The molecule has 0 bridgehead atoms. The third kappa shape index (κ3) is 8.68. The number of thiazole rings is 1. The Morgan fingerprint density at radius 1 is 0.943 bits per heavy atom. The lowest BCUT2D eigenvalue weighted by atomic mass is 9.72. The highest BCUT2D eigenvalue weighted by atomic mass is 32.1. The first-order valence-corrected chi connectivity index (χ1v) is 18.6. The molecular weight excluding hydrogens is 724 g/mol. The number of ketones is 2. The first-order chi connectivity index (χ1) is 24.9. The Morgan fingerprint density at radius 2 is 1.64 bits per heavy atom. The second-order valence-corrected chi connectivity index (χ2v) is 15.1. The van der Waals surface area contributed by atoms with E-state index in [1.807, 2.05) is 13.8 Å². The van der Waals surface area contributed by atoms with Gasteiger partial charge in [-0.15, -0.1) is 11.3 Å². The van der Waals surface area contributed by atoms with Gasteiger partial charge in [0.25, 0.3) is 0 Å². The Labute approximate surface area is 307 Å². The van der Waals surface area contributed by atoms with Crippen LogP contribution in [0.2, 0.25) is 0 Å². The normalized spacial score (nSPS) is 18.6. The molecule has 0 saturated carbocycles. The number of nitrogens with one attached hydrogen (secondary N) is 2. The molecule has 286 valence electrons. The smallest absolute Gasteiger partial charge is 0.358 e. The molecule has 1 aliphatic rings. The zero-order chi connectivity index (χ0) is 38.9. The minimum absolute atomic E-state index is 0.00591. The van der Waals surface area contributed by atoms with Crippen LogP contribution in [-0.2, 0) is 46.0 Å². The maximum absolute atomic E-state index is 14.8. The SMILES string of the molecule is CC[C@H](C)[C@H](CC(=O)Cc1ccccc1F)C(=O)N[C@]1(C(=O)C[C@H](c2nc(C(F)(F)F)cs2)[C@@H](C)CC)CCc2[nH]c3c(C(F)(F)F)cccc3c2C1. The van der Waals surface area contributed by atoms with E-state index >= 15 is 0 Å². The van der Waals surface area contributed by atoms with Gasteiger partial charge in [0.2, 0.25) is 5.91 Å². The highest BCUT2D eigenvalue weighted by Gasteiger charge is 2.47. The number of hydrogen-bond donors (Lipinski definition) is 2. The van der Waals surface area contributed by atoms with E-state index in [9.17, 15) is 45.1 Å². The number of carbonyl (C=O) groups is 3. The number of Topliss-reactive ketones (excluding diaryl/α,β-unsaturated/α-hetero) is 2. The summed E-state index contributed by atoms with van der Waals surface area (Å²) in [6.07, 6.45) is -9.23. The van der Waals surface area contributed by atoms with E-state index in [2.05, 4.69) is 15.3 Å². The van der Waals surface area contributed by atoms with Gasteiger partial charge in [0.1, 0.15) is 17.1 Å². The number of aromatic nitrogens is 2. The van der Waals surface area contributed by atoms with Gasteiger partial charge in [0, 0.05) is 54.0 Å². The molecule has 0 spiro atoms. The van der Waals surface area contributed by atoms with Crippen molar-refractivity contribution in [2.24, 2.45) is 17.8 Å². The molecule has 2 heterocycles. The molecule has 53 heavy (non-hydrogen) atoms. The number of carbonyl (C=O) groups excluding carboxylic acids is 3. The van der Waals surface area contributed by atoms with Crippen molar-refractivity contribution >= 4 is 39.7 Å². The lowest BCUT2D eigenvalue weighted by molar-refractivity contribution is -0.141. The fourth-order valence-corrected chi connectivity index (χ4v) is 8.32. The van der Waals surface area contributed by atoms with E-state index < -0.39 is 58.5 Å². The molecule has 14 heteroatoms. The van der Waals surface area contributed by atoms with Crippen LogP contribution in [0.3, 0.4) is 0 Å². The first-order valence-electron chi connectivity index (χ1n) is 17.7. The van der Waals surface area contributed by atoms with Gasteiger partial charge < -0.3 is 10.3 Å². The van der Waals surface area contributed by atoms with E-state index in [0.29, 0.717) is 24.1 Å². The number of benzene rings is 2. The van der Waals surface area contributed by atoms with Crippen LogP contribution in [0.5, 0.6) is 0 Å². The van der Waals surface area contributed by atoms with Gasteiger partial charge in [-0.2, -0.15) is 26.3 Å². The molecule has 0 aliphatic heterocycles. The van der Waals surface area contributed by atoms with Gasteiger partial charge in [-0.1, -0.05) is 70.9 Å². The molecule has 6 nitrogen and oxygen atoms in total. The number of nitrogens with zero attached hydrogens (tertiary/aromatic N) is 1. The maximum Gasteiger partial charge on any atom is 0.434 e. The molecule has 5 rings (SSSR count). The Balaban J connectivity index is 1.54. The molecule has 1 amide bonds. The quantitative estimate of drug-likeness (QED) is 0.125. The van der Waals surface area contributed by atoms with E-state index in [-0.39, 0.29) is 77.6 Å². The van der Waals surface area contributed by atoms with E-state index in [1.54, 1.807) is 19.9 Å². The van der Waals surface area contributed by atoms with Crippen molar-refractivity contribution in [2.45, 2.75) is 103 Å². The number of H-pyrrole nitrogens is 1. The van der Waals surface area contributed by atoms with Crippen molar-refractivity contribution in [3.8, 4) is 0 Å². The maximum atomic E-state index is 14.8. The zero-order valence-corrected chi connectivity index (χ0v) is 30.6. The number of aromatic amines is 1. The predicted octanol–water partition coefficient (Wildman–Crippen LogP) is 9.80. The highest BCUT2D eigenvalue weighted by Crippen LogP contribution is 2.43. The number of aryl methyl sites for hydroxylation is 1. The number of amides is 1. The molecular formula is C39H42F7N3O3S. The molecule has 2 N–H and O–H groups in total. The second-order valence-electron chi connectivity index (χ2n) is 14.2. The van der Waals surface area contributed by atoms with E-state index in [0.717, 1.165) is 22.8 Å². The average molecular weight is 766 g/mol. The Kier molecular flexibility index (Phi) is 11.9. The summed E-state index contributed by atoms with van der Waals surface area (Å²) in [4.78, 5) is 49.1. The summed E-state index contributed by atoms with van der Waals surface area (Å²) in [6, 6.07) is 9.56. The van der Waals surface area contributed by atoms with Gasteiger partial charge in [0.05, 0.1) is 16.1 Å². The third-order valence-electron chi connectivity index (χ3n) is 10.8. The number of fused-ring (bicyclic) bond motifs is 3. The van der Waals surface area contributed by atoms with Crippen molar-refractivity contribution in [1.82, 2.24) is 15.3 Å². The molecule has 5 atom stereocenters. The Hall–Kier alpha value is -4.07. The first kappa shape index (κ1) is 40.1. The average Bonchev–Trinajstić information content (AvgIpc) is 3.75. The monoisotopic (exact) mass is 765 g/mol. The number of para-hydroxylation sites is 1. The van der Waals surface area contributed by atoms with Gasteiger partial charge >= 0.3 is 12.4 Å². The van der Waals surface area contributed by atoms with Crippen molar-refractivity contribution in [1.29, 1.82) is 0 Å². The molecule has 0 radical (unpaired) electrons. The number of halogens is 7. The molecule has 0 unspecified atom stereocenters. The van der Waals surface area contributed by atoms with Crippen LogP contribution in [0.1, 0.15) is 98.8 Å². The molecule has 1 aliphatic carbocycles. The van der Waals surface area contributed by atoms with Gasteiger partial charge in [-0.25, -0.2) is 9.37 Å². The topological polar surface area (TPSA) is 91.9 Å². The van der Waals surface area contributed by atoms with Crippen molar-refractivity contribution in [2.75, 3.05) is 0 Å². The molecule has 2 aromatic carbocycles. The number of alkyl halides is 6. The molecule has 2 aromatic heterocycles. The van der Waals surface area contributed by atoms with Gasteiger partial charge in [-0.05, 0) is 47.9 Å². The van der Waals surface area contributed by atoms with Crippen LogP contribution in [0.4, 0.5) is 30.7 Å². The van der Waals surface area contributed by atoms with Crippen molar-refractivity contribution in [3.05, 3.63) is 86.7 Å². The minimum Gasteiger partial charge on any atom is -0.358 e. The lowest BCUT2D eigenvalue weighted by Crippen LogP contribution is -2.59. The van der Waals surface area contributed by atoms with Crippen LogP contribution in [0, 0.1) is 23.6 Å². The predicted molar refractivity (Wildman–Crippen MR) is 188 cm³/mol.